The molecule has 4 nitrogen and oxygen atoms in total. The van der Waals surface area contributed by atoms with Crippen molar-refractivity contribution in [3.63, 3.8) is 0 Å². The lowest BCUT2D eigenvalue weighted by atomic mass is 9.95. The van der Waals surface area contributed by atoms with E-state index in [0.717, 1.165) is 19.6 Å². The van der Waals surface area contributed by atoms with E-state index < -0.39 is 0 Å². The molecule has 0 saturated heterocycles. The summed E-state index contributed by atoms with van der Waals surface area (Å²) in [5.41, 5.74) is 5.83. The summed E-state index contributed by atoms with van der Waals surface area (Å²) in [6, 6.07) is 0. The molecule has 0 aromatic rings. The van der Waals surface area contributed by atoms with Crippen molar-refractivity contribution in [2.24, 2.45) is 11.7 Å². The second kappa shape index (κ2) is 5.25. The van der Waals surface area contributed by atoms with Gasteiger partial charge in [0.25, 0.3) is 0 Å². The Morgan fingerprint density at radius 2 is 1.87 bits per heavy atom. The second-order valence-corrected chi connectivity index (χ2v) is 5.21. The van der Waals surface area contributed by atoms with Crippen LogP contribution in [0.2, 0.25) is 0 Å². The lowest BCUT2D eigenvalue weighted by Crippen LogP contribution is -2.54. The van der Waals surface area contributed by atoms with Gasteiger partial charge in [-0.1, -0.05) is 0 Å². The molecule has 0 amide bonds. The average molecular weight is 215 g/mol. The largest absolute Gasteiger partial charge is 0.394 e. The van der Waals surface area contributed by atoms with Gasteiger partial charge in [-0.25, -0.2) is 0 Å². The molecule has 0 bridgehead atoms. The fourth-order valence-electron chi connectivity index (χ4n) is 1.92. The minimum Gasteiger partial charge on any atom is -0.394 e. The van der Waals surface area contributed by atoms with Crippen LogP contribution in [0.1, 0.15) is 12.8 Å². The van der Waals surface area contributed by atoms with Crippen LogP contribution < -0.4 is 5.73 Å². The van der Waals surface area contributed by atoms with Crippen molar-refractivity contribution in [2.75, 3.05) is 47.4 Å². The van der Waals surface area contributed by atoms with Crippen molar-refractivity contribution in [3.05, 3.63) is 0 Å². The zero-order chi connectivity index (χ0) is 11.5. The van der Waals surface area contributed by atoms with E-state index in [2.05, 4.69) is 30.9 Å². The third-order valence-corrected chi connectivity index (χ3v) is 3.18. The van der Waals surface area contributed by atoms with Crippen LogP contribution >= 0.6 is 0 Å². The van der Waals surface area contributed by atoms with Crippen molar-refractivity contribution in [1.29, 1.82) is 0 Å². The SMILES string of the molecule is CN(C)CCN(C)CC(N)(CO)C1CC1. The van der Waals surface area contributed by atoms with E-state index in [9.17, 15) is 5.11 Å². The first-order chi connectivity index (χ1) is 6.98. The minimum absolute atomic E-state index is 0.101. The van der Waals surface area contributed by atoms with Gasteiger partial charge in [-0.3, -0.25) is 0 Å². The summed E-state index contributed by atoms with van der Waals surface area (Å²) in [5, 5.41) is 9.36. The molecule has 1 fully saturated rings. The summed E-state index contributed by atoms with van der Waals surface area (Å²) in [6.07, 6.45) is 2.36. The first-order valence-corrected chi connectivity index (χ1v) is 5.71. The smallest absolute Gasteiger partial charge is 0.0626 e. The van der Waals surface area contributed by atoms with Gasteiger partial charge < -0.3 is 20.6 Å². The Bertz CT molecular complexity index is 194. The molecule has 0 radical (unpaired) electrons. The molecule has 4 heteroatoms. The van der Waals surface area contributed by atoms with Crippen molar-refractivity contribution in [2.45, 2.75) is 18.4 Å². The van der Waals surface area contributed by atoms with Gasteiger partial charge in [0.05, 0.1) is 12.1 Å². The molecule has 90 valence electrons. The first kappa shape index (κ1) is 12.9. The summed E-state index contributed by atoms with van der Waals surface area (Å²) in [6.45, 7) is 2.92. The van der Waals surface area contributed by atoms with Gasteiger partial charge in [0.1, 0.15) is 0 Å². The standard InChI is InChI=1S/C11H25N3O/c1-13(2)6-7-14(3)8-11(12,9-15)10-4-5-10/h10,15H,4-9,12H2,1-3H3. The van der Waals surface area contributed by atoms with Crippen molar-refractivity contribution in [1.82, 2.24) is 9.80 Å². The highest BCUT2D eigenvalue weighted by Crippen LogP contribution is 2.38. The van der Waals surface area contributed by atoms with Crippen molar-refractivity contribution >= 4 is 0 Å². The Kier molecular flexibility index (Phi) is 4.52. The maximum atomic E-state index is 9.36. The molecule has 1 saturated carbocycles. The summed E-state index contributed by atoms with van der Waals surface area (Å²) in [5.74, 6) is 0.532. The highest BCUT2D eigenvalue weighted by molar-refractivity contribution is 5.00. The molecule has 3 N–H and O–H groups in total. The number of rotatable bonds is 7. The van der Waals surface area contributed by atoms with E-state index in [1.807, 2.05) is 0 Å². The van der Waals surface area contributed by atoms with Gasteiger partial charge in [-0.2, -0.15) is 0 Å². The van der Waals surface area contributed by atoms with Crippen LogP contribution in [0.15, 0.2) is 0 Å². The van der Waals surface area contributed by atoms with Gasteiger partial charge in [0.2, 0.25) is 0 Å². The molecule has 0 heterocycles. The van der Waals surface area contributed by atoms with Crippen LogP contribution in [0.4, 0.5) is 0 Å². The zero-order valence-electron chi connectivity index (χ0n) is 10.2. The average Bonchev–Trinajstić information content (AvgIpc) is 2.97. The fourth-order valence-corrected chi connectivity index (χ4v) is 1.92. The predicted octanol–water partition coefficient (Wildman–Crippen LogP) is -0.420. The van der Waals surface area contributed by atoms with Crippen molar-refractivity contribution in [3.8, 4) is 0 Å². The minimum atomic E-state index is -0.374. The van der Waals surface area contributed by atoms with Crippen LogP contribution in [0, 0.1) is 5.92 Å². The number of nitrogens with zero attached hydrogens (tertiary/aromatic N) is 2. The monoisotopic (exact) mass is 215 g/mol. The third-order valence-electron chi connectivity index (χ3n) is 3.18. The summed E-state index contributed by atoms with van der Waals surface area (Å²) in [7, 11) is 6.20. The number of likely N-dealkylation sites (N-methyl/N-ethyl adjacent to an activating group) is 2. The molecular weight excluding hydrogens is 190 g/mol. The van der Waals surface area contributed by atoms with Crippen LogP contribution in [0.3, 0.4) is 0 Å². The predicted molar refractivity (Wildman–Crippen MR) is 62.8 cm³/mol. The lowest BCUT2D eigenvalue weighted by Gasteiger charge is -2.32. The summed E-state index contributed by atoms with van der Waals surface area (Å²) < 4.78 is 0. The van der Waals surface area contributed by atoms with Crippen molar-refractivity contribution < 1.29 is 5.11 Å². The molecule has 0 aliphatic heterocycles. The molecule has 1 rings (SSSR count). The van der Waals surface area contributed by atoms with Crippen LogP contribution in [0.25, 0.3) is 0 Å². The van der Waals surface area contributed by atoms with E-state index in [4.69, 9.17) is 5.73 Å². The molecule has 1 atom stereocenters. The van der Waals surface area contributed by atoms with Gasteiger partial charge in [-0.05, 0) is 39.9 Å². The van der Waals surface area contributed by atoms with E-state index in [-0.39, 0.29) is 12.1 Å². The molecule has 0 spiro atoms. The fraction of sp³-hybridized carbons (Fsp3) is 1.00. The molecule has 1 aliphatic rings. The van der Waals surface area contributed by atoms with Gasteiger partial charge in [0.15, 0.2) is 0 Å². The number of nitrogens with two attached hydrogens (primary N) is 1. The zero-order valence-corrected chi connectivity index (χ0v) is 10.2. The number of aliphatic hydroxyl groups is 1. The van der Waals surface area contributed by atoms with Gasteiger partial charge in [0, 0.05) is 19.6 Å². The molecule has 15 heavy (non-hydrogen) atoms. The van der Waals surface area contributed by atoms with Gasteiger partial charge >= 0.3 is 0 Å². The van der Waals surface area contributed by atoms with E-state index >= 15 is 0 Å². The molecular formula is C11H25N3O. The number of aliphatic hydroxyl groups excluding tert-OH is 1. The number of hydrogen-bond donors (Lipinski definition) is 2. The molecule has 1 unspecified atom stereocenters. The molecule has 1 aliphatic carbocycles. The normalized spacial score (nSPS) is 21.0. The molecule has 0 aromatic carbocycles. The number of hydrogen-bond acceptors (Lipinski definition) is 4. The summed E-state index contributed by atoms with van der Waals surface area (Å²) in [4.78, 5) is 4.37. The topological polar surface area (TPSA) is 52.7 Å². The Morgan fingerprint density at radius 1 is 1.27 bits per heavy atom. The summed E-state index contributed by atoms with van der Waals surface area (Å²) >= 11 is 0. The maximum absolute atomic E-state index is 9.36. The Morgan fingerprint density at radius 3 is 2.27 bits per heavy atom. The lowest BCUT2D eigenvalue weighted by molar-refractivity contribution is 0.129. The quantitative estimate of drug-likeness (QED) is 0.606. The molecule has 0 aromatic heterocycles. The van der Waals surface area contributed by atoms with E-state index in [1.54, 1.807) is 0 Å². The Balaban J connectivity index is 2.31. The highest BCUT2D eigenvalue weighted by Gasteiger charge is 2.42. The third kappa shape index (κ3) is 4.07. The highest BCUT2D eigenvalue weighted by atomic mass is 16.3. The van der Waals surface area contributed by atoms with Crippen LogP contribution in [-0.2, 0) is 0 Å². The first-order valence-electron chi connectivity index (χ1n) is 5.71. The van der Waals surface area contributed by atoms with E-state index in [1.165, 1.54) is 12.8 Å². The maximum Gasteiger partial charge on any atom is 0.0626 e. The van der Waals surface area contributed by atoms with E-state index in [0.29, 0.717) is 5.92 Å². The van der Waals surface area contributed by atoms with Gasteiger partial charge in [-0.15, -0.1) is 0 Å². The Labute approximate surface area is 93.0 Å². The Hall–Kier alpha value is -0.160. The van der Waals surface area contributed by atoms with Crippen LogP contribution in [-0.4, -0.2) is 67.8 Å². The van der Waals surface area contributed by atoms with Crippen LogP contribution in [0.5, 0.6) is 0 Å². The second-order valence-electron chi connectivity index (χ2n) is 5.21.